The van der Waals surface area contributed by atoms with Gasteiger partial charge in [-0.25, -0.2) is 4.79 Å². The van der Waals surface area contributed by atoms with Crippen molar-refractivity contribution in [1.29, 1.82) is 0 Å². The molecule has 11 heteroatoms. The Hall–Kier alpha value is -4.15. The fraction of sp³-hybridized carbons (Fsp3) is 0.217. The molecule has 0 spiro atoms. The van der Waals surface area contributed by atoms with Crippen molar-refractivity contribution in [2.45, 2.75) is 19.0 Å². The van der Waals surface area contributed by atoms with Crippen molar-refractivity contribution in [2.75, 3.05) is 28.7 Å². The molecule has 0 radical (unpaired) electrons. The first kappa shape index (κ1) is 24.5. The third kappa shape index (κ3) is 6.44. The van der Waals surface area contributed by atoms with Gasteiger partial charge in [-0.1, -0.05) is 18.2 Å². The first-order valence-corrected chi connectivity index (χ1v) is 10.2. The Bertz CT molecular complexity index is 1130. The van der Waals surface area contributed by atoms with Gasteiger partial charge >= 0.3 is 12.1 Å². The Morgan fingerprint density at radius 1 is 1.09 bits per heavy atom. The number of hydrogen-bond acceptors (Lipinski definition) is 6. The number of ketones is 1. The molecule has 3 rings (SSSR count). The van der Waals surface area contributed by atoms with E-state index in [-0.39, 0.29) is 17.2 Å². The van der Waals surface area contributed by atoms with Crippen molar-refractivity contribution < 1.29 is 37.1 Å². The van der Waals surface area contributed by atoms with E-state index in [9.17, 15) is 32.3 Å². The number of alkyl halides is 3. The molecule has 2 N–H and O–H groups in total. The zero-order valence-corrected chi connectivity index (χ0v) is 17.7. The molecule has 0 aromatic heterocycles. The Morgan fingerprint density at radius 3 is 2.56 bits per heavy atom. The molecular weight excluding hydrogens is 455 g/mol. The SMILES string of the molecule is O=C(COC(=O)c1ccccc1N/C=C/C(=O)C(F)(F)F)Nc1cccc(N2CCCC2=O)c1. The third-order valence-corrected chi connectivity index (χ3v) is 4.75. The van der Waals surface area contributed by atoms with E-state index in [2.05, 4.69) is 10.6 Å². The van der Waals surface area contributed by atoms with E-state index in [1.54, 1.807) is 29.2 Å². The van der Waals surface area contributed by atoms with Crippen LogP contribution in [0.3, 0.4) is 0 Å². The van der Waals surface area contributed by atoms with Crippen LogP contribution in [0.5, 0.6) is 0 Å². The van der Waals surface area contributed by atoms with Gasteiger partial charge in [0, 0.05) is 36.6 Å². The lowest BCUT2D eigenvalue weighted by molar-refractivity contribution is -0.165. The Labute approximate surface area is 192 Å². The second kappa shape index (κ2) is 10.6. The standard InChI is InChI=1S/C23H20F3N3O5/c24-23(25,26)19(30)10-11-27-18-8-2-1-7-17(18)22(33)34-14-20(31)28-15-5-3-6-16(13-15)29-12-4-9-21(29)32/h1-3,5-8,10-11,13,27H,4,9,12,14H2,(H,28,31)/b11-10+. The number of allylic oxidation sites excluding steroid dienone is 1. The fourth-order valence-electron chi connectivity index (χ4n) is 3.17. The van der Waals surface area contributed by atoms with E-state index in [0.717, 1.165) is 12.6 Å². The highest BCUT2D eigenvalue weighted by molar-refractivity contribution is 6.00. The quantitative estimate of drug-likeness (QED) is 0.446. The molecule has 178 valence electrons. The molecule has 0 atom stereocenters. The summed E-state index contributed by atoms with van der Waals surface area (Å²) in [4.78, 5) is 49.0. The molecule has 8 nitrogen and oxygen atoms in total. The molecule has 2 aromatic carbocycles. The summed E-state index contributed by atoms with van der Waals surface area (Å²) >= 11 is 0. The Morgan fingerprint density at radius 2 is 1.85 bits per heavy atom. The summed E-state index contributed by atoms with van der Waals surface area (Å²) in [7, 11) is 0. The lowest BCUT2D eigenvalue weighted by Gasteiger charge is -2.16. The molecule has 2 aromatic rings. The number of para-hydroxylation sites is 1. The number of amides is 2. The molecule has 2 amide bonds. The average Bonchev–Trinajstić information content (AvgIpc) is 3.23. The van der Waals surface area contributed by atoms with Gasteiger partial charge in [-0.2, -0.15) is 13.2 Å². The Balaban J connectivity index is 1.57. The molecule has 1 fully saturated rings. The molecule has 0 unspecified atom stereocenters. The lowest BCUT2D eigenvalue weighted by atomic mass is 10.2. The highest BCUT2D eigenvalue weighted by Gasteiger charge is 2.36. The molecular formula is C23H20F3N3O5. The molecule has 1 heterocycles. The second-order valence-electron chi connectivity index (χ2n) is 7.21. The van der Waals surface area contributed by atoms with E-state index in [1.807, 2.05) is 0 Å². The average molecular weight is 475 g/mol. The number of hydrogen-bond donors (Lipinski definition) is 2. The highest BCUT2D eigenvalue weighted by atomic mass is 19.4. The molecule has 1 aliphatic heterocycles. The zero-order valence-electron chi connectivity index (χ0n) is 17.7. The summed E-state index contributed by atoms with van der Waals surface area (Å²) in [5.74, 6) is -3.58. The maximum Gasteiger partial charge on any atom is 0.454 e. The minimum Gasteiger partial charge on any atom is -0.452 e. The van der Waals surface area contributed by atoms with Crippen molar-refractivity contribution in [3.8, 4) is 0 Å². The number of halogens is 3. The van der Waals surface area contributed by atoms with Crippen LogP contribution in [-0.4, -0.2) is 42.9 Å². The Kier molecular flexibility index (Phi) is 7.67. The van der Waals surface area contributed by atoms with Crippen molar-refractivity contribution in [3.63, 3.8) is 0 Å². The minimum absolute atomic E-state index is 0.00213. The number of rotatable bonds is 8. The van der Waals surface area contributed by atoms with E-state index >= 15 is 0 Å². The highest BCUT2D eigenvalue weighted by Crippen LogP contribution is 2.24. The van der Waals surface area contributed by atoms with Gasteiger partial charge in [-0.15, -0.1) is 0 Å². The van der Waals surface area contributed by atoms with Crippen LogP contribution in [0.2, 0.25) is 0 Å². The molecule has 0 bridgehead atoms. The van der Waals surface area contributed by atoms with Gasteiger partial charge in [0.25, 0.3) is 11.7 Å². The van der Waals surface area contributed by atoms with Gasteiger partial charge in [-0.3, -0.25) is 14.4 Å². The smallest absolute Gasteiger partial charge is 0.452 e. The van der Waals surface area contributed by atoms with Crippen LogP contribution in [-0.2, 0) is 19.1 Å². The fourth-order valence-corrected chi connectivity index (χ4v) is 3.17. The van der Waals surface area contributed by atoms with Crippen molar-refractivity contribution >= 4 is 40.6 Å². The minimum atomic E-state index is -5.01. The summed E-state index contributed by atoms with van der Waals surface area (Å²) in [6.07, 6.45) is -2.73. The number of carbonyl (C=O) groups excluding carboxylic acids is 4. The van der Waals surface area contributed by atoms with Crippen LogP contribution >= 0.6 is 0 Å². The maximum atomic E-state index is 12.4. The van der Waals surface area contributed by atoms with Crippen LogP contribution in [0, 0.1) is 0 Å². The number of nitrogens with zero attached hydrogens (tertiary/aromatic N) is 1. The molecule has 1 saturated heterocycles. The van der Waals surface area contributed by atoms with Crippen molar-refractivity contribution in [3.05, 3.63) is 66.4 Å². The topological polar surface area (TPSA) is 105 Å². The number of benzene rings is 2. The number of ether oxygens (including phenoxy) is 1. The van der Waals surface area contributed by atoms with E-state index in [4.69, 9.17) is 4.74 Å². The lowest BCUT2D eigenvalue weighted by Crippen LogP contribution is -2.24. The summed E-state index contributed by atoms with van der Waals surface area (Å²) in [6.45, 7) is -0.0245. The zero-order chi connectivity index (χ0) is 24.7. The first-order chi connectivity index (χ1) is 16.1. The molecule has 1 aliphatic rings. The third-order valence-electron chi connectivity index (χ3n) is 4.75. The van der Waals surface area contributed by atoms with Crippen molar-refractivity contribution in [2.24, 2.45) is 0 Å². The van der Waals surface area contributed by atoms with Crippen LogP contribution in [0.1, 0.15) is 23.2 Å². The van der Waals surface area contributed by atoms with E-state index in [1.165, 1.54) is 24.3 Å². The number of anilines is 3. The van der Waals surface area contributed by atoms with Gasteiger partial charge in [0.05, 0.1) is 11.3 Å². The summed E-state index contributed by atoms with van der Waals surface area (Å²) in [5.41, 5.74) is 1.10. The predicted octanol–water partition coefficient (Wildman–Crippen LogP) is 3.67. The maximum absolute atomic E-state index is 12.4. The van der Waals surface area contributed by atoms with Crippen LogP contribution in [0.25, 0.3) is 0 Å². The monoisotopic (exact) mass is 475 g/mol. The predicted molar refractivity (Wildman–Crippen MR) is 117 cm³/mol. The van der Waals surface area contributed by atoms with Gasteiger partial charge in [0.1, 0.15) is 0 Å². The second-order valence-corrected chi connectivity index (χ2v) is 7.21. The number of esters is 1. The molecule has 0 aliphatic carbocycles. The molecule has 34 heavy (non-hydrogen) atoms. The summed E-state index contributed by atoms with van der Waals surface area (Å²) in [5, 5.41) is 5.00. The molecule has 0 saturated carbocycles. The summed E-state index contributed by atoms with van der Waals surface area (Å²) in [6, 6.07) is 12.4. The van der Waals surface area contributed by atoms with Crippen molar-refractivity contribution in [1.82, 2.24) is 0 Å². The van der Waals surface area contributed by atoms with Gasteiger partial charge in [0.2, 0.25) is 5.91 Å². The van der Waals surface area contributed by atoms with Gasteiger partial charge in [0.15, 0.2) is 6.61 Å². The largest absolute Gasteiger partial charge is 0.454 e. The van der Waals surface area contributed by atoms with Gasteiger partial charge in [-0.05, 0) is 36.8 Å². The number of nitrogens with one attached hydrogen (secondary N) is 2. The first-order valence-electron chi connectivity index (χ1n) is 10.2. The normalized spacial score (nSPS) is 13.7. The number of carbonyl (C=O) groups is 4. The van der Waals surface area contributed by atoms with Gasteiger partial charge < -0.3 is 20.3 Å². The van der Waals surface area contributed by atoms with E-state index < -0.39 is 30.4 Å². The van der Waals surface area contributed by atoms with Crippen LogP contribution in [0.4, 0.5) is 30.2 Å². The summed E-state index contributed by atoms with van der Waals surface area (Å²) < 4.78 is 41.8. The van der Waals surface area contributed by atoms with E-state index in [0.29, 0.717) is 30.4 Å². The van der Waals surface area contributed by atoms with Crippen LogP contribution < -0.4 is 15.5 Å². The van der Waals surface area contributed by atoms with Crippen LogP contribution in [0.15, 0.2) is 60.8 Å².